The van der Waals surface area contributed by atoms with Crippen LogP contribution in [0.25, 0.3) is 2.94 Å². The molecule has 0 N–H and O–H groups in total. The van der Waals surface area contributed by atoms with Gasteiger partial charge in [-0.1, -0.05) is 30.3 Å². The summed E-state index contributed by atoms with van der Waals surface area (Å²) in [6.45, 7) is 0.358. The van der Waals surface area contributed by atoms with E-state index < -0.39 is 42.1 Å². The second-order valence-corrected chi connectivity index (χ2v) is 8.73. The van der Waals surface area contributed by atoms with Gasteiger partial charge >= 0.3 is 0 Å². The van der Waals surface area contributed by atoms with Crippen LogP contribution in [0, 0.1) is 13.7 Å². The van der Waals surface area contributed by atoms with Gasteiger partial charge < -0.3 is 4.74 Å². The van der Waals surface area contributed by atoms with Crippen molar-refractivity contribution in [3.8, 4) is 0 Å². The molecule has 0 aromatic heterocycles. The minimum atomic E-state index is -4.07. The highest BCUT2D eigenvalue weighted by Gasteiger charge is 2.23. The molecular formula is C14H13IN2O5S. The van der Waals surface area contributed by atoms with E-state index in [2.05, 4.69) is 2.94 Å². The molecule has 0 radical (unpaired) electrons. The number of halogens is 1. The number of nitro groups is 1. The van der Waals surface area contributed by atoms with Crippen LogP contribution in [0.2, 0.25) is 0 Å². The predicted molar refractivity (Wildman–Crippen MR) is 79.5 cm³/mol. The molecule has 0 spiro atoms. The smallest absolute Gasteiger partial charge is 0.286 e. The van der Waals surface area contributed by atoms with Crippen LogP contribution in [0.1, 0.15) is 5.56 Å². The number of hydrogen-bond acceptors (Lipinski definition) is 5. The maximum Gasteiger partial charge on any atom is 0.286 e. The van der Waals surface area contributed by atoms with Gasteiger partial charge in [0.05, 0.1) is 11.5 Å². The number of nitrogens with zero attached hydrogens (tertiary/aromatic N) is 2. The molecule has 122 valence electrons. The number of para-hydroxylation sites is 1. The third-order valence-electron chi connectivity index (χ3n) is 2.81. The summed E-state index contributed by atoms with van der Waals surface area (Å²) in [6.07, 6.45) is 0. The summed E-state index contributed by atoms with van der Waals surface area (Å²) in [7, 11) is -2.52. The van der Waals surface area contributed by atoms with E-state index in [1.165, 1.54) is 18.2 Å². The Morgan fingerprint density at radius 3 is 2.52 bits per heavy atom. The van der Waals surface area contributed by atoms with Crippen LogP contribution in [0.15, 0.2) is 53.4 Å². The van der Waals surface area contributed by atoms with E-state index in [4.69, 9.17) is 4.74 Å². The van der Waals surface area contributed by atoms with E-state index in [0.29, 0.717) is 6.61 Å². The third kappa shape index (κ3) is 4.47. The van der Waals surface area contributed by atoms with Crippen molar-refractivity contribution in [2.24, 2.45) is 0 Å². The molecule has 0 aliphatic carbocycles. The summed E-state index contributed by atoms with van der Waals surface area (Å²) in [6, 6.07) is 12.5. The van der Waals surface area contributed by atoms with Gasteiger partial charge in [-0.3, -0.25) is 13.0 Å². The quantitative estimate of drug-likeness (QED) is 0.328. The molecule has 0 aliphatic rings. The third-order valence-corrected chi connectivity index (χ3v) is 7.68. The van der Waals surface area contributed by atoms with Crippen molar-refractivity contribution < 1.29 is 39.6 Å². The fraction of sp³-hybridized carbons (Fsp3) is 0.143. The van der Waals surface area contributed by atoms with Gasteiger partial charge in [-0.15, -0.1) is 0 Å². The Morgan fingerprint density at radius 2 is 1.83 bits per heavy atom. The van der Waals surface area contributed by atoms with E-state index in [1.807, 2.05) is 12.1 Å². The van der Waals surface area contributed by atoms with Crippen LogP contribution in [-0.4, -0.2) is 20.5 Å². The Labute approximate surface area is 144 Å². The molecule has 9 heteroatoms. The normalized spacial score (nSPS) is 11.3. The number of rotatable bonds is 7. The molecule has 0 amide bonds. The van der Waals surface area contributed by atoms with Crippen molar-refractivity contribution in [1.82, 2.24) is 0 Å². The minimum Gasteiger partial charge on any atom is -0.380 e. The number of methoxy groups -OCH3 is 1. The lowest BCUT2D eigenvalue weighted by atomic mass is 10.2. The Bertz CT molecular complexity index is 810. The molecule has 0 saturated carbocycles. The van der Waals surface area contributed by atoms with Gasteiger partial charge in [-0.05, 0) is 12.1 Å². The molecule has 23 heavy (non-hydrogen) atoms. The lowest BCUT2D eigenvalue weighted by Gasteiger charge is -2.09. The van der Waals surface area contributed by atoms with Gasteiger partial charge in [-0.25, -0.2) is 8.42 Å². The number of benzene rings is 2. The summed E-state index contributed by atoms with van der Waals surface area (Å²) in [4.78, 5) is 9.87. The van der Waals surface area contributed by atoms with Crippen molar-refractivity contribution in [3.63, 3.8) is 0 Å². The number of hydrogen-bond donors (Lipinski definition) is 0. The molecule has 7 nitrogen and oxygen atoms in total. The predicted octanol–water partition coefficient (Wildman–Crippen LogP) is -0.323. The van der Waals surface area contributed by atoms with Crippen molar-refractivity contribution in [3.05, 3.63) is 70.7 Å². The maximum atomic E-state index is 12.3. The monoisotopic (exact) mass is 448 g/mol. The van der Waals surface area contributed by atoms with Crippen LogP contribution >= 0.6 is 0 Å². The van der Waals surface area contributed by atoms with E-state index in [9.17, 15) is 18.5 Å². The van der Waals surface area contributed by atoms with Crippen molar-refractivity contribution in [2.75, 3.05) is 7.11 Å². The van der Waals surface area contributed by atoms with Gasteiger partial charge in [0.2, 0.25) is 21.5 Å². The molecule has 2 rings (SSSR count). The van der Waals surface area contributed by atoms with E-state index in [1.54, 1.807) is 19.2 Å². The SMILES string of the molecule is COCc1ccccc1[I+][N-]S(=O)(=O)c1ccccc1[N+](=O)[O-]. The second kappa shape index (κ2) is 7.81. The van der Waals surface area contributed by atoms with Crippen molar-refractivity contribution in [1.29, 1.82) is 0 Å². The van der Waals surface area contributed by atoms with Crippen molar-refractivity contribution >= 4 is 15.7 Å². The highest BCUT2D eigenvalue weighted by molar-refractivity contribution is 7.93. The number of nitro benzene ring substituents is 1. The number of sulfonamides is 1. The van der Waals surface area contributed by atoms with Gasteiger partial charge in [0.15, 0.2) is 3.57 Å². The summed E-state index contributed by atoms with van der Waals surface area (Å²) >= 11 is -1.22. The average molecular weight is 448 g/mol. The average Bonchev–Trinajstić information content (AvgIpc) is 2.54. The maximum absolute atomic E-state index is 12.3. The van der Waals surface area contributed by atoms with Gasteiger partial charge in [0.25, 0.3) is 5.69 Å². The molecule has 0 atom stereocenters. The molecule has 0 heterocycles. The van der Waals surface area contributed by atoms with E-state index in [0.717, 1.165) is 15.2 Å². The lowest BCUT2D eigenvalue weighted by molar-refractivity contribution is -0.567. The standard InChI is InChI=1S/C14H13IN2O5S/c1-22-10-11-6-2-3-7-12(11)15-16-23(20,21)14-9-5-4-8-13(14)17(18)19/h2-9H,10H2,1H3. The topological polar surface area (TPSA) is 101 Å². The molecule has 0 fully saturated rings. The first-order valence-electron chi connectivity index (χ1n) is 6.37. The molecule has 2 aromatic carbocycles. The van der Waals surface area contributed by atoms with E-state index >= 15 is 0 Å². The van der Waals surface area contributed by atoms with Crippen molar-refractivity contribution in [2.45, 2.75) is 11.5 Å². The highest BCUT2D eigenvalue weighted by atomic mass is 127. The zero-order valence-corrected chi connectivity index (χ0v) is 15.0. The second-order valence-electron chi connectivity index (χ2n) is 4.38. The number of ether oxygens (including phenoxy) is 1. The van der Waals surface area contributed by atoms with Crippen LogP contribution in [0.4, 0.5) is 5.69 Å². The fourth-order valence-electron chi connectivity index (χ4n) is 1.80. The Hall–Kier alpha value is -1.56. The van der Waals surface area contributed by atoms with Gasteiger partial charge in [0.1, 0.15) is 14.9 Å². The minimum absolute atomic E-state index is 0.358. The molecule has 0 bridgehead atoms. The lowest BCUT2D eigenvalue weighted by Crippen LogP contribution is -3.59. The highest BCUT2D eigenvalue weighted by Crippen LogP contribution is 2.24. The van der Waals surface area contributed by atoms with Gasteiger partial charge in [-0.2, -0.15) is 0 Å². The summed E-state index contributed by atoms with van der Waals surface area (Å²) in [5.41, 5.74) is 0.398. The summed E-state index contributed by atoms with van der Waals surface area (Å²) < 4.78 is 34.3. The largest absolute Gasteiger partial charge is 0.380 e. The molecule has 2 aromatic rings. The van der Waals surface area contributed by atoms with Crippen LogP contribution in [0.5, 0.6) is 0 Å². The summed E-state index contributed by atoms with van der Waals surface area (Å²) in [5.74, 6) is 0. The Morgan fingerprint density at radius 1 is 1.17 bits per heavy atom. The first kappa shape index (κ1) is 17.8. The fourth-order valence-corrected chi connectivity index (χ4v) is 5.76. The zero-order chi connectivity index (χ0) is 16.9. The molecule has 0 unspecified atom stereocenters. The molecule has 0 saturated heterocycles. The van der Waals surface area contributed by atoms with Gasteiger partial charge in [0, 0.05) is 18.7 Å². The summed E-state index contributed by atoms with van der Waals surface area (Å²) in [5, 5.41) is 11.0. The van der Waals surface area contributed by atoms with Crippen LogP contribution < -0.4 is 21.5 Å². The van der Waals surface area contributed by atoms with Crippen LogP contribution in [0.3, 0.4) is 0 Å². The van der Waals surface area contributed by atoms with Crippen LogP contribution in [-0.2, 0) is 21.4 Å². The first-order valence-corrected chi connectivity index (χ1v) is 9.86. The molecular weight excluding hydrogens is 435 g/mol. The molecule has 0 aliphatic heterocycles. The Kier molecular flexibility index (Phi) is 6.04. The zero-order valence-electron chi connectivity index (χ0n) is 12.0. The first-order chi connectivity index (χ1) is 11.0. The Balaban J connectivity index is 2.25. The van der Waals surface area contributed by atoms with E-state index in [-0.39, 0.29) is 4.90 Å².